The first-order valence-electron chi connectivity index (χ1n) is 8.44. The summed E-state index contributed by atoms with van der Waals surface area (Å²) in [5, 5.41) is 7.02. The zero-order valence-corrected chi connectivity index (χ0v) is 16.1. The van der Waals surface area contributed by atoms with Gasteiger partial charge >= 0.3 is 0 Å². The topological polar surface area (TPSA) is 59.8 Å². The third-order valence-electron chi connectivity index (χ3n) is 4.08. The van der Waals surface area contributed by atoms with Crippen LogP contribution in [0.25, 0.3) is 16.9 Å². The van der Waals surface area contributed by atoms with Crippen molar-refractivity contribution in [3.05, 3.63) is 95.1 Å². The van der Waals surface area contributed by atoms with Gasteiger partial charge in [-0.15, -0.1) is 0 Å². The number of benzene rings is 2. The van der Waals surface area contributed by atoms with Crippen LogP contribution in [-0.4, -0.2) is 20.7 Å². The molecule has 2 aromatic carbocycles. The summed E-state index contributed by atoms with van der Waals surface area (Å²) in [5.41, 5.74) is 2.58. The van der Waals surface area contributed by atoms with Crippen molar-refractivity contribution in [2.75, 3.05) is 5.32 Å². The molecule has 2 aromatic heterocycles. The van der Waals surface area contributed by atoms with Crippen molar-refractivity contribution in [2.45, 2.75) is 0 Å². The van der Waals surface area contributed by atoms with Crippen molar-refractivity contribution in [1.82, 2.24) is 14.8 Å². The first-order chi connectivity index (χ1) is 13.6. The predicted molar refractivity (Wildman–Crippen MR) is 109 cm³/mol. The minimum Gasteiger partial charge on any atom is -0.318 e. The fourth-order valence-corrected chi connectivity index (χ4v) is 3.09. The number of aromatic nitrogens is 3. The first kappa shape index (κ1) is 18.1. The van der Waals surface area contributed by atoms with E-state index in [0.29, 0.717) is 10.2 Å². The van der Waals surface area contributed by atoms with E-state index in [0.717, 1.165) is 11.3 Å². The summed E-state index contributed by atoms with van der Waals surface area (Å²) in [6.45, 7) is 0. The molecule has 0 saturated carbocycles. The highest BCUT2D eigenvalue weighted by Gasteiger charge is 2.18. The highest BCUT2D eigenvalue weighted by molar-refractivity contribution is 9.10. The van der Waals surface area contributed by atoms with Crippen LogP contribution in [-0.2, 0) is 0 Å². The van der Waals surface area contributed by atoms with Gasteiger partial charge in [-0.1, -0.05) is 34.1 Å². The molecule has 0 radical (unpaired) electrons. The number of carbonyl (C=O) groups is 1. The van der Waals surface area contributed by atoms with E-state index in [1.807, 2.05) is 42.5 Å². The number of anilines is 1. The average molecular weight is 437 g/mol. The van der Waals surface area contributed by atoms with Crippen LogP contribution < -0.4 is 5.32 Å². The van der Waals surface area contributed by atoms with Crippen molar-refractivity contribution in [2.24, 2.45) is 0 Å². The van der Waals surface area contributed by atoms with Crippen LogP contribution in [0.15, 0.2) is 83.6 Å². The van der Waals surface area contributed by atoms with Gasteiger partial charge in [0.05, 0.1) is 17.1 Å². The molecule has 0 aliphatic rings. The highest BCUT2D eigenvalue weighted by Crippen LogP contribution is 2.25. The minimum absolute atomic E-state index is 0.0883. The van der Waals surface area contributed by atoms with Crippen LogP contribution in [0, 0.1) is 5.82 Å². The van der Waals surface area contributed by atoms with Gasteiger partial charge in [0.1, 0.15) is 5.82 Å². The van der Waals surface area contributed by atoms with Gasteiger partial charge in [0.2, 0.25) is 0 Å². The summed E-state index contributed by atoms with van der Waals surface area (Å²) in [4.78, 5) is 16.8. The monoisotopic (exact) mass is 436 g/mol. The van der Waals surface area contributed by atoms with Crippen LogP contribution in [0.2, 0.25) is 0 Å². The van der Waals surface area contributed by atoms with Crippen LogP contribution in [0.3, 0.4) is 0 Å². The minimum atomic E-state index is -0.530. The maximum absolute atomic E-state index is 14.1. The lowest BCUT2D eigenvalue weighted by atomic mass is 10.2. The van der Waals surface area contributed by atoms with E-state index < -0.39 is 11.7 Å². The molecule has 0 bridgehead atoms. The van der Waals surface area contributed by atoms with E-state index in [1.165, 1.54) is 12.1 Å². The molecule has 1 N–H and O–H groups in total. The Kier molecular flexibility index (Phi) is 4.99. The first-order valence-corrected chi connectivity index (χ1v) is 9.23. The zero-order chi connectivity index (χ0) is 19.5. The Morgan fingerprint density at radius 1 is 1.04 bits per heavy atom. The molecule has 2 heterocycles. The SMILES string of the molecule is O=C(Nc1ccc(Br)cc1F)c1cc(-c2cccnc2)n(-c2ccccc2)n1. The smallest absolute Gasteiger partial charge is 0.276 e. The molecule has 1 amide bonds. The maximum Gasteiger partial charge on any atom is 0.276 e. The van der Waals surface area contributed by atoms with Crippen LogP contribution in [0.5, 0.6) is 0 Å². The number of nitrogens with zero attached hydrogens (tertiary/aromatic N) is 3. The van der Waals surface area contributed by atoms with E-state index in [4.69, 9.17) is 0 Å². The Morgan fingerprint density at radius 3 is 2.57 bits per heavy atom. The fraction of sp³-hybridized carbons (Fsp3) is 0. The molecule has 5 nitrogen and oxygen atoms in total. The second-order valence-corrected chi connectivity index (χ2v) is 6.90. The molecule has 0 atom stereocenters. The fourth-order valence-electron chi connectivity index (χ4n) is 2.76. The molecule has 0 fully saturated rings. The summed E-state index contributed by atoms with van der Waals surface area (Å²) in [7, 11) is 0. The maximum atomic E-state index is 14.1. The van der Waals surface area contributed by atoms with Crippen molar-refractivity contribution in [3.63, 3.8) is 0 Å². The third kappa shape index (κ3) is 3.70. The lowest BCUT2D eigenvalue weighted by Crippen LogP contribution is -2.14. The van der Waals surface area contributed by atoms with Gasteiger partial charge in [-0.05, 0) is 48.5 Å². The van der Waals surface area contributed by atoms with Crippen molar-refractivity contribution >= 4 is 27.5 Å². The number of rotatable bonds is 4. The predicted octanol–water partition coefficient (Wildman–Crippen LogP) is 5.09. The number of pyridine rings is 1. The summed E-state index contributed by atoms with van der Waals surface area (Å²) in [6, 6.07) is 19.3. The highest BCUT2D eigenvalue weighted by atomic mass is 79.9. The summed E-state index contributed by atoms with van der Waals surface area (Å²) >= 11 is 3.20. The molecule has 4 rings (SSSR count). The third-order valence-corrected chi connectivity index (χ3v) is 4.57. The van der Waals surface area contributed by atoms with Crippen LogP contribution in [0.4, 0.5) is 10.1 Å². The number of halogens is 2. The van der Waals surface area contributed by atoms with Crippen LogP contribution in [0.1, 0.15) is 10.5 Å². The number of nitrogens with one attached hydrogen (secondary N) is 1. The Balaban J connectivity index is 1.74. The summed E-state index contributed by atoms with van der Waals surface area (Å²) < 4.78 is 16.3. The molecule has 0 aliphatic heterocycles. The summed E-state index contributed by atoms with van der Waals surface area (Å²) in [5.74, 6) is -1.03. The molecule has 0 aliphatic carbocycles. The Bertz CT molecular complexity index is 1070. The standard InChI is InChI=1S/C21H14BrFN4O/c22-15-8-9-18(17(23)11-15)25-21(28)19-12-20(14-5-4-10-24-13-14)27(26-19)16-6-2-1-3-7-16/h1-13H,(H,25,28). The van der Waals surface area contributed by atoms with Crippen LogP contribution >= 0.6 is 15.9 Å². The van der Waals surface area contributed by atoms with Gasteiger partial charge < -0.3 is 5.32 Å². The molecule has 0 saturated heterocycles. The molecule has 0 unspecified atom stereocenters. The Hall–Kier alpha value is -3.32. The number of carbonyl (C=O) groups excluding carboxylic acids is 1. The van der Waals surface area contributed by atoms with Crippen molar-refractivity contribution < 1.29 is 9.18 Å². The van der Waals surface area contributed by atoms with E-state index in [1.54, 1.807) is 29.2 Å². The molecular weight excluding hydrogens is 423 g/mol. The Morgan fingerprint density at radius 2 is 1.86 bits per heavy atom. The lowest BCUT2D eigenvalue weighted by Gasteiger charge is -2.07. The normalized spacial score (nSPS) is 10.6. The Labute approximate surface area is 169 Å². The molecular formula is C21H14BrFN4O. The second-order valence-electron chi connectivity index (χ2n) is 5.98. The van der Waals surface area contributed by atoms with E-state index in [-0.39, 0.29) is 11.4 Å². The van der Waals surface area contributed by atoms with Gasteiger partial charge in [-0.2, -0.15) is 5.10 Å². The lowest BCUT2D eigenvalue weighted by molar-refractivity contribution is 0.102. The molecule has 28 heavy (non-hydrogen) atoms. The van der Waals surface area contributed by atoms with E-state index in [2.05, 4.69) is 31.3 Å². The average Bonchev–Trinajstić information content (AvgIpc) is 3.17. The van der Waals surface area contributed by atoms with Gasteiger partial charge in [0.15, 0.2) is 5.69 Å². The van der Waals surface area contributed by atoms with E-state index >= 15 is 0 Å². The number of hydrogen-bond donors (Lipinski definition) is 1. The second kappa shape index (κ2) is 7.74. The number of hydrogen-bond acceptors (Lipinski definition) is 3. The summed E-state index contributed by atoms with van der Waals surface area (Å²) in [6.07, 6.45) is 3.38. The quantitative estimate of drug-likeness (QED) is 0.484. The van der Waals surface area contributed by atoms with E-state index in [9.17, 15) is 9.18 Å². The molecule has 4 aromatic rings. The zero-order valence-electron chi connectivity index (χ0n) is 14.5. The molecule has 138 valence electrons. The largest absolute Gasteiger partial charge is 0.318 e. The van der Waals surface area contributed by atoms with Crippen molar-refractivity contribution in [3.8, 4) is 16.9 Å². The molecule has 0 spiro atoms. The molecule has 7 heteroatoms. The van der Waals surface area contributed by atoms with Gasteiger partial charge in [-0.25, -0.2) is 9.07 Å². The van der Waals surface area contributed by atoms with Crippen molar-refractivity contribution in [1.29, 1.82) is 0 Å². The van der Waals surface area contributed by atoms with Gasteiger partial charge in [0.25, 0.3) is 5.91 Å². The number of para-hydroxylation sites is 1. The number of amides is 1. The van der Waals surface area contributed by atoms with Gasteiger partial charge in [0, 0.05) is 22.4 Å². The van der Waals surface area contributed by atoms with Gasteiger partial charge in [-0.3, -0.25) is 9.78 Å².